The molecular formula is C15H29N3O6S. The fourth-order valence-corrected chi connectivity index (χ4v) is 5.13. The number of thioether (sulfide) groups is 1. The van der Waals surface area contributed by atoms with E-state index in [0.29, 0.717) is 0 Å². The minimum Gasteiger partial charge on any atom is -0.480 e. The van der Waals surface area contributed by atoms with Gasteiger partial charge in [0, 0.05) is 17.8 Å². The lowest BCUT2D eigenvalue weighted by Gasteiger charge is -2.41. The molecule has 1 amide bonds. The van der Waals surface area contributed by atoms with Gasteiger partial charge in [-0.15, -0.1) is 11.8 Å². The minimum absolute atomic E-state index is 0. The van der Waals surface area contributed by atoms with Crippen LogP contribution in [0.4, 0.5) is 0 Å². The number of carbonyl (C=O) groups is 2. The molecule has 0 spiro atoms. The first-order chi connectivity index (χ1) is 10.4. The van der Waals surface area contributed by atoms with Crippen LogP contribution in [0.2, 0.25) is 0 Å². The van der Waals surface area contributed by atoms with Crippen molar-refractivity contribution in [2.75, 3.05) is 13.1 Å². The van der Waals surface area contributed by atoms with Gasteiger partial charge >= 0.3 is 5.97 Å². The molecule has 3 heterocycles. The summed E-state index contributed by atoms with van der Waals surface area (Å²) in [5.74, 6) is -1.08. The van der Waals surface area contributed by atoms with Crippen molar-refractivity contribution in [3.8, 4) is 0 Å². The van der Waals surface area contributed by atoms with Crippen molar-refractivity contribution in [1.29, 1.82) is 0 Å². The largest absolute Gasteiger partial charge is 0.480 e. The Morgan fingerprint density at radius 2 is 1.76 bits per heavy atom. The minimum atomic E-state index is -0.928. The molecule has 0 unspecified atom stereocenters. The summed E-state index contributed by atoms with van der Waals surface area (Å²) in [6, 6.07) is -1.17. The van der Waals surface area contributed by atoms with Gasteiger partial charge in [0.2, 0.25) is 0 Å². The Kier molecular flexibility index (Phi) is 8.35. The van der Waals surface area contributed by atoms with Crippen molar-refractivity contribution in [3.05, 3.63) is 0 Å². The van der Waals surface area contributed by atoms with Crippen molar-refractivity contribution in [2.45, 2.75) is 61.7 Å². The summed E-state index contributed by atoms with van der Waals surface area (Å²) in [5.41, 5.74) is 0. The number of carboxylic acids is 1. The topological polar surface area (TPSA) is 168 Å². The van der Waals surface area contributed by atoms with E-state index in [1.54, 1.807) is 11.8 Å². The Morgan fingerprint density at radius 3 is 2.28 bits per heavy atom. The number of aliphatic carboxylic acids is 1. The molecule has 3 rings (SSSR count). The number of hydrogen-bond acceptors (Lipinski definition) is 4. The van der Waals surface area contributed by atoms with Gasteiger partial charge in [0.15, 0.2) is 6.04 Å². The van der Waals surface area contributed by atoms with E-state index in [1.165, 1.54) is 30.6 Å². The number of fused-ring (bicyclic) bond motifs is 1. The van der Waals surface area contributed by atoms with Gasteiger partial charge in [-0.2, -0.15) is 0 Å². The molecule has 3 saturated heterocycles. The Hall–Kier alpha value is -1.36. The molecule has 3 atom stereocenters. The predicted molar refractivity (Wildman–Crippen MR) is 96.9 cm³/mol. The number of likely N-dealkylation sites (tertiary alicyclic amines) is 1. The first kappa shape index (κ1) is 23.6. The zero-order chi connectivity index (χ0) is 15.9. The normalized spacial score (nSPS) is 30.3. The summed E-state index contributed by atoms with van der Waals surface area (Å²) in [7, 11) is 0. The zero-order valence-corrected chi connectivity index (χ0v) is 15.4. The Bertz CT molecular complexity index is 507. The highest BCUT2D eigenvalue weighted by Crippen LogP contribution is 2.51. The fourth-order valence-electron chi connectivity index (χ4n) is 3.51. The molecule has 0 aromatic rings. The van der Waals surface area contributed by atoms with Crippen LogP contribution >= 0.6 is 11.8 Å². The van der Waals surface area contributed by atoms with Gasteiger partial charge in [-0.25, -0.2) is 4.79 Å². The maximum absolute atomic E-state index is 12.3. The number of amides is 1. The molecule has 7 N–H and O–H groups in total. The number of β-lactam (4-membered cyclic amide) rings is 1. The molecule has 0 aromatic heterocycles. The number of aliphatic imine (C=N–C) groups is 1. The third-order valence-corrected chi connectivity index (χ3v) is 6.24. The standard InChI is InChI=1S/C15H23N3O3S.3H2O/c1-15(2)11(14(20)21)18-12(19)10(13(18)22-15)16-9-17-7-5-3-4-6-8-17;;;/h9-11,13H,3-8H2,1-2H3,(H,20,21);3*1H2/t10-,11+,13-;;;/m1.../s1. The van der Waals surface area contributed by atoms with E-state index >= 15 is 0 Å². The van der Waals surface area contributed by atoms with E-state index in [2.05, 4.69) is 9.89 Å². The molecule has 0 bridgehead atoms. The van der Waals surface area contributed by atoms with Crippen LogP contribution in [0.3, 0.4) is 0 Å². The Labute approximate surface area is 151 Å². The van der Waals surface area contributed by atoms with Gasteiger partial charge in [-0.3, -0.25) is 9.79 Å². The molecule has 10 heteroatoms. The van der Waals surface area contributed by atoms with Crippen molar-refractivity contribution in [3.63, 3.8) is 0 Å². The van der Waals surface area contributed by atoms with E-state index in [0.717, 1.165) is 13.1 Å². The summed E-state index contributed by atoms with van der Waals surface area (Å²) >= 11 is 1.55. The molecule has 0 saturated carbocycles. The maximum Gasteiger partial charge on any atom is 0.327 e. The third kappa shape index (κ3) is 4.25. The molecule has 3 aliphatic heterocycles. The van der Waals surface area contributed by atoms with Gasteiger partial charge in [0.25, 0.3) is 5.91 Å². The number of carboxylic acid groups (broad SMARTS) is 1. The van der Waals surface area contributed by atoms with E-state index in [-0.39, 0.29) is 27.7 Å². The first-order valence-corrected chi connectivity index (χ1v) is 8.80. The van der Waals surface area contributed by atoms with Crippen molar-refractivity contribution in [2.24, 2.45) is 4.99 Å². The molecule has 0 aliphatic carbocycles. The Morgan fingerprint density at radius 1 is 1.20 bits per heavy atom. The second-order valence-electron chi connectivity index (χ2n) is 6.76. The molecule has 146 valence electrons. The fraction of sp³-hybridized carbons (Fsp3) is 0.800. The maximum atomic E-state index is 12.3. The summed E-state index contributed by atoms with van der Waals surface area (Å²) in [4.78, 5) is 31.9. The van der Waals surface area contributed by atoms with Crippen LogP contribution in [0.5, 0.6) is 0 Å². The van der Waals surface area contributed by atoms with Crippen molar-refractivity contribution in [1.82, 2.24) is 9.80 Å². The molecule has 3 fully saturated rings. The highest BCUT2D eigenvalue weighted by atomic mass is 32.2. The lowest BCUT2D eigenvalue weighted by Crippen LogP contribution is -2.65. The SMILES string of the molecule is CC1(C)S[C@@H]2[C@H](N=CN3CCCCCC3)C(=O)N2[C@H]1C(=O)O.O.O.O. The lowest BCUT2D eigenvalue weighted by molar-refractivity contribution is -0.158. The Balaban J connectivity index is 0.00000192. The molecule has 9 nitrogen and oxygen atoms in total. The number of rotatable bonds is 3. The second kappa shape index (κ2) is 8.84. The van der Waals surface area contributed by atoms with Gasteiger partial charge < -0.3 is 31.3 Å². The van der Waals surface area contributed by atoms with Gasteiger partial charge in [-0.1, -0.05) is 12.8 Å². The second-order valence-corrected chi connectivity index (χ2v) is 8.53. The van der Waals surface area contributed by atoms with Gasteiger partial charge in [0.05, 0.1) is 6.34 Å². The van der Waals surface area contributed by atoms with Crippen LogP contribution in [0, 0.1) is 0 Å². The average molecular weight is 379 g/mol. The smallest absolute Gasteiger partial charge is 0.327 e. The zero-order valence-electron chi connectivity index (χ0n) is 14.6. The number of nitrogens with zero attached hydrogens (tertiary/aromatic N) is 3. The average Bonchev–Trinajstić information content (AvgIpc) is 2.60. The monoisotopic (exact) mass is 379 g/mol. The molecule has 25 heavy (non-hydrogen) atoms. The predicted octanol–water partition coefficient (Wildman–Crippen LogP) is -1.07. The van der Waals surface area contributed by atoms with Crippen LogP contribution in [-0.4, -0.2) is 84.8 Å². The summed E-state index contributed by atoms with van der Waals surface area (Å²) < 4.78 is -0.473. The van der Waals surface area contributed by atoms with E-state index in [4.69, 9.17) is 0 Å². The van der Waals surface area contributed by atoms with Crippen LogP contribution in [0.1, 0.15) is 39.5 Å². The highest BCUT2D eigenvalue weighted by Gasteiger charge is 2.63. The van der Waals surface area contributed by atoms with E-state index in [9.17, 15) is 14.7 Å². The molecular weight excluding hydrogens is 350 g/mol. The van der Waals surface area contributed by atoms with Gasteiger partial charge in [0.1, 0.15) is 11.4 Å². The third-order valence-electron chi connectivity index (χ3n) is 4.68. The van der Waals surface area contributed by atoms with Gasteiger partial charge in [-0.05, 0) is 26.7 Å². The molecule has 3 aliphatic rings. The summed E-state index contributed by atoms with van der Waals surface area (Å²) in [6.07, 6.45) is 6.67. The van der Waals surface area contributed by atoms with Crippen LogP contribution in [0.15, 0.2) is 4.99 Å². The summed E-state index contributed by atoms with van der Waals surface area (Å²) in [6.45, 7) is 5.76. The summed E-state index contributed by atoms with van der Waals surface area (Å²) in [5, 5.41) is 9.25. The highest BCUT2D eigenvalue weighted by molar-refractivity contribution is 8.01. The van der Waals surface area contributed by atoms with Crippen LogP contribution in [-0.2, 0) is 9.59 Å². The van der Waals surface area contributed by atoms with Crippen molar-refractivity contribution < 1.29 is 31.1 Å². The quantitative estimate of drug-likeness (QED) is 0.373. The number of carbonyl (C=O) groups excluding carboxylic acids is 1. The number of hydrogen-bond donors (Lipinski definition) is 1. The molecule has 0 aromatic carbocycles. The van der Waals surface area contributed by atoms with Crippen LogP contribution in [0.25, 0.3) is 0 Å². The van der Waals surface area contributed by atoms with E-state index < -0.39 is 22.8 Å². The lowest BCUT2D eigenvalue weighted by atomic mass is 9.96. The van der Waals surface area contributed by atoms with Crippen molar-refractivity contribution >= 4 is 30.0 Å². The van der Waals surface area contributed by atoms with Crippen LogP contribution < -0.4 is 0 Å². The molecule has 0 radical (unpaired) electrons. The first-order valence-electron chi connectivity index (χ1n) is 7.92. The van der Waals surface area contributed by atoms with E-state index in [1.807, 2.05) is 20.2 Å².